The van der Waals surface area contributed by atoms with Gasteiger partial charge in [-0.1, -0.05) is 11.6 Å². The Bertz CT molecular complexity index is 1000. The van der Waals surface area contributed by atoms with Crippen LogP contribution in [0, 0.1) is 6.92 Å². The number of rotatable bonds is 5. The smallest absolute Gasteiger partial charge is 0.265 e. The van der Waals surface area contributed by atoms with Gasteiger partial charge in [-0.25, -0.2) is 13.4 Å². The minimum Gasteiger partial charge on any atom is -0.492 e. The number of hydrogen-bond acceptors (Lipinski definition) is 5. The van der Waals surface area contributed by atoms with Crippen LogP contribution >= 0.6 is 22.9 Å². The van der Waals surface area contributed by atoms with E-state index in [-0.39, 0.29) is 10.6 Å². The highest BCUT2D eigenvalue weighted by Crippen LogP contribution is 2.30. The van der Waals surface area contributed by atoms with E-state index in [9.17, 15) is 8.42 Å². The van der Waals surface area contributed by atoms with Crippen molar-refractivity contribution in [2.75, 3.05) is 11.3 Å². The molecule has 0 atom stereocenters. The van der Waals surface area contributed by atoms with Crippen molar-refractivity contribution in [3.05, 3.63) is 46.4 Å². The maximum atomic E-state index is 12.7. The second kappa shape index (κ2) is 6.58. The number of ether oxygens (including phenoxy) is 1. The second-order valence-electron chi connectivity index (χ2n) is 5.04. The van der Waals surface area contributed by atoms with Crippen LogP contribution in [0.1, 0.15) is 11.9 Å². The summed E-state index contributed by atoms with van der Waals surface area (Å²) in [5.74, 6) is 0.268. The van der Waals surface area contributed by atoms with Crippen LogP contribution in [0.3, 0.4) is 0 Å². The Morgan fingerprint density at radius 2 is 2.04 bits per heavy atom. The summed E-state index contributed by atoms with van der Waals surface area (Å²) in [6, 6.07) is 9.77. The molecule has 2 aromatic carbocycles. The van der Waals surface area contributed by atoms with E-state index < -0.39 is 10.0 Å². The van der Waals surface area contributed by atoms with Crippen molar-refractivity contribution in [3.8, 4) is 5.75 Å². The average molecular weight is 383 g/mol. The fourth-order valence-corrected chi connectivity index (χ4v) is 4.60. The molecule has 0 aliphatic heterocycles. The average Bonchev–Trinajstić information content (AvgIpc) is 2.88. The fourth-order valence-electron chi connectivity index (χ4n) is 2.28. The van der Waals surface area contributed by atoms with Gasteiger partial charge in [0.1, 0.15) is 10.6 Å². The van der Waals surface area contributed by atoms with Crippen molar-refractivity contribution in [2.24, 2.45) is 0 Å². The van der Waals surface area contributed by atoms with Crippen molar-refractivity contribution < 1.29 is 13.2 Å². The van der Waals surface area contributed by atoms with E-state index in [0.717, 1.165) is 15.2 Å². The van der Waals surface area contributed by atoms with Gasteiger partial charge in [0.25, 0.3) is 10.0 Å². The molecular formula is C16H15ClN2O3S2. The lowest BCUT2D eigenvalue weighted by molar-refractivity contribution is 0.331. The molecule has 1 aromatic heterocycles. The van der Waals surface area contributed by atoms with Crippen LogP contribution < -0.4 is 9.46 Å². The van der Waals surface area contributed by atoms with Gasteiger partial charge < -0.3 is 4.74 Å². The van der Waals surface area contributed by atoms with Gasteiger partial charge in [-0.15, -0.1) is 11.3 Å². The number of aryl methyl sites for hydroxylation is 1. The molecule has 8 heteroatoms. The number of anilines is 1. The van der Waals surface area contributed by atoms with Crippen molar-refractivity contribution >= 4 is 48.9 Å². The third-order valence-electron chi connectivity index (χ3n) is 3.24. The van der Waals surface area contributed by atoms with E-state index in [1.807, 2.05) is 6.92 Å². The number of halogens is 1. The second-order valence-corrected chi connectivity index (χ2v) is 8.37. The lowest BCUT2D eigenvalue weighted by Gasteiger charge is -2.13. The van der Waals surface area contributed by atoms with Gasteiger partial charge in [0, 0.05) is 5.02 Å². The Labute approximate surface area is 149 Å². The number of hydrogen-bond donors (Lipinski definition) is 1. The minimum absolute atomic E-state index is 0.0115. The highest BCUT2D eigenvalue weighted by Gasteiger charge is 2.21. The van der Waals surface area contributed by atoms with Crippen LogP contribution in [-0.4, -0.2) is 20.0 Å². The molecule has 1 N–H and O–H groups in total. The first-order chi connectivity index (χ1) is 11.4. The van der Waals surface area contributed by atoms with E-state index in [1.54, 1.807) is 37.3 Å². The molecule has 0 spiro atoms. The first kappa shape index (κ1) is 17.0. The summed E-state index contributed by atoms with van der Waals surface area (Å²) in [4.78, 5) is 4.37. The number of aromatic nitrogens is 1. The van der Waals surface area contributed by atoms with E-state index in [4.69, 9.17) is 16.3 Å². The third kappa shape index (κ3) is 3.48. The first-order valence-corrected chi connectivity index (χ1v) is 9.89. The largest absolute Gasteiger partial charge is 0.492 e. The number of nitrogens with one attached hydrogen (secondary N) is 1. The minimum atomic E-state index is -3.83. The predicted molar refractivity (Wildman–Crippen MR) is 97.8 cm³/mol. The van der Waals surface area contributed by atoms with Crippen molar-refractivity contribution in [2.45, 2.75) is 18.7 Å². The van der Waals surface area contributed by atoms with Crippen LogP contribution in [0.25, 0.3) is 10.2 Å². The van der Waals surface area contributed by atoms with Gasteiger partial charge in [0.05, 0.1) is 27.5 Å². The maximum Gasteiger partial charge on any atom is 0.265 e. The van der Waals surface area contributed by atoms with Crippen molar-refractivity contribution in [3.63, 3.8) is 0 Å². The standard InChI is InChI=1S/C16H15ClN2O3S2/c1-3-22-14-7-4-11(17)8-16(14)24(20,21)19-12-5-6-13-15(9-12)23-10(2)18-13/h4-9,19H,3H2,1-2H3. The molecule has 3 aromatic rings. The van der Waals surface area contributed by atoms with Gasteiger partial charge in [-0.2, -0.15) is 0 Å². The zero-order valence-corrected chi connectivity index (χ0v) is 15.4. The molecule has 0 bridgehead atoms. The number of nitrogens with zero attached hydrogens (tertiary/aromatic N) is 1. The molecule has 0 fully saturated rings. The molecule has 0 radical (unpaired) electrons. The van der Waals surface area contributed by atoms with E-state index >= 15 is 0 Å². The Hall–Kier alpha value is -1.83. The number of sulfonamides is 1. The molecule has 126 valence electrons. The normalized spacial score (nSPS) is 11.6. The Balaban J connectivity index is 1.99. The summed E-state index contributed by atoms with van der Waals surface area (Å²) in [5.41, 5.74) is 1.31. The summed E-state index contributed by atoms with van der Waals surface area (Å²) >= 11 is 7.46. The summed E-state index contributed by atoms with van der Waals surface area (Å²) in [7, 11) is -3.83. The van der Waals surface area contributed by atoms with Crippen LogP contribution in [0.2, 0.25) is 5.02 Å². The Morgan fingerprint density at radius 3 is 2.79 bits per heavy atom. The lowest BCUT2D eigenvalue weighted by Crippen LogP contribution is -2.14. The molecule has 1 heterocycles. The van der Waals surface area contributed by atoms with Gasteiger partial charge in [-0.05, 0) is 50.2 Å². The molecule has 5 nitrogen and oxygen atoms in total. The Morgan fingerprint density at radius 1 is 1.25 bits per heavy atom. The van der Waals surface area contributed by atoms with Crippen LogP contribution in [0.4, 0.5) is 5.69 Å². The van der Waals surface area contributed by atoms with Crippen molar-refractivity contribution in [1.82, 2.24) is 4.98 Å². The van der Waals surface area contributed by atoms with Gasteiger partial charge >= 0.3 is 0 Å². The zero-order valence-electron chi connectivity index (χ0n) is 13.0. The van der Waals surface area contributed by atoms with Gasteiger partial charge in [0.15, 0.2) is 0 Å². The predicted octanol–water partition coefficient (Wildman–Crippen LogP) is 4.46. The molecule has 0 saturated heterocycles. The molecule has 24 heavy (non-hydrogen) atoms. The number of thiazole rings is 1. The molecule has 0 aliphatic carbocycles. The van der Waals surface area contributed by atoms with E-state index in [0.29, 0.717) is 17.3 Å². The molecule has 0 unspecified atom stereocenters. The highest BCUT2D eigenvalue weighted by atomic mass is 35.5. The van der Waals surface area contributed by atoms with Crippen LogP contribution in [-0.2, 0) is 10.0 Å². The molecular weight excluding hydrogens is 368 g/mol. The topological polar surface area (TPSA) is 68.3 Å². The third-order valence-corrected chi connectivity index (χ3v) is 5.81. The summed E-state index contributed by atoms with van der Waals surface area (Å²) in [5, 5.41) is 1.26. The monoisotopic (exact) mass is 382 g/mol. The highest BCUT2D eigenvalue weighted by molar-refractivity contribution is 7.92. The summed E-state index contributed by atoms with van der Waals surface area (Å²) in [6.45, 7) is 4.06. The van der Waals surface area contributed by atoms with Crippen molar-refractivity contribution in [1.29, 1.82) is 0 Å². The van der Waals surface area contributed by atoms with Crippen LogP contribution in [0.5, 0.6) is 5.75 Å². The molecule has 3 rings (SSSR count). The SMILES string of the molecule is CCOc1ccc(Cl)cc1S(=O)(=O)Nc1ccc2nc(C)sc2c1. The summed E-state index contributed by atoms with van der Waals surface area (Å²) < 4.78 is 34.4. The summed E-state index contributed by atoms with van der Waals surface area (Å²) in [6.07, 6.45) is 0. The van der Waals surface area contributed by atoms with Gasteiger partial charge in [-0.3, -0.25) is 4.72 Å². The Kier molecular flexibility index (Phi) is 4.67. The molecule has 0 aliphatic rings. The number of benzene rings is 2. The zero-order chi connectivity index (χ0) is 17.3. The molecule has 0 saturated carbocycles. The lowest BCUT2D eigenvalue weighted by atomic mass is 10.3. The van der Waals surface area contributed by atoms with E-state index in [1.165, 1.54) is 17.4 Å². The number of fused-ring (bicyclic) bond motifs is 1. The fraction of sp³-hybridized carbons (Fsp3) is 0.188. The molecule has 0 amide bonds. The quantitative estimate of drug-likeness (QED) is 0.707. The maximum absolute atomic E-state index is 12.7. The van der Waals surface area contributed by atoms with Crippen LogP contribution in [0.15, 0.2) is 41.3 Å². The first-order valence-electron chi connectivity index (χ1n) is 7.21. The van der Waals surface area contributed by atoms with Gasteiger partial charge in [0.2, 0.25) is 0 Å². The van der Waals surface area contributed by atoms with E-state index in [2.05, 4.69) is 9.71 Å².